The van der Waals surface area contributed by atoms with Crippen molar-refractivity contribution >= 4 is 22.0 Å². The van der Waals surface area contributed by atoms with E-state index in [2.05, 4.69) is 21.2 Å². The molecule has 0 saturated carbocycles. The summed E-state index contributed by atoms with van der Waals surface area (Å²) in [4.78, 5) is 10.8. The second kappa shape index (κ2) is 3.49. The maximum Gasteiger partial charge on any atom is 0.407 e. The number of hydrogen-bond acceptors (Lipinski definition) is 3. The molecule has 1 amide bonds. The van der Waals surface area contributed by atoms with Crippen LogP contribution >= 0.6 is 15.9 Å². The first-order valence-electron chi connectivity index (χ1n) is 4.08. The first-order chi connectivity index (χ1) is 6.66. The van der Waals surface area contributed by atoms with Crippen LogP contribution in [0.15, 0.2) is 22.7 Å². The first-order valence-corrected chi connectivity index (χ1v) is 4.88. The highest BCUT2D eigenvalue weighted by molar-refractivity contribution is 9.10. The Bertz CT molecular complexity index is 380. The second-order valence-electron chi connectivity index (χ2n) is 3.00. The van der Waals surface area contributed by atoms with Crippen LogP contribution in [0.3, 0.4) is 0 Å². The molecular formula is C9H8BrNO3. The third kappa shape index (κ3) is 1.68. The molecule has 1 fully saturated rings. The van der Waals surface area contributed by atoms with Crippen molar-refractivity contribution < 1.29 is 14.6 Å². The van der Waals surface area contributed by atoms with Crippen molar-refractivity contribution in [3.8, 4) is 5.75 Å². The number of rotatable bonds is 1. The van der Waals surface area contributed by atoms with Crippen molar-refractivity contribution in [1.29, 1.82) is 0 Å². The monoisotopic (exact) mass is 257 g/mol. The highest BCUT2D eigenvalue weighted by Gasteiger charge is 2.25. The molecule has 74 valence electrons. The van der Waals surface area contributed by atoms with Crippen molar-refractivity contribution in [3.63, 3.8) is 0 Å². The standard InChI is InChI=1S/C9H8BrNO3/c10-7-2-1-5(12)3-6(7)8-4-14-9(13)11-8/h1-3,8,12H,4H2,(H,11,13)/t8-/m0/s1. The van der Waals surface area contributed by atoms with Gasteiger partial charge in [-0.3, -0.25) is 0 Å². The predicted molar refractivity (Wildman–Crippen MR) is 53.0 cm³/mol. The van der Waals surface area contributed by atoms with Gasteiger partial charge >= 0.3 is 6.09 Å². The molecule has 0 aromatic heterocycles. The van der Waals surface area contributed by atoms with E-state index in [-0.39, 0.29) is 11.8 Å². The van der Waals surface area contributed by atoms with Crippen molar-refractivity contribution in [3.05, 3.63) is 28.2 Å². The number of alkyl carbamates (subject to hydrolysis) is 1. The quantitative estimate of drug-likeness (QED) is 0.809. The minimum absolute atomic E-state index is 0.171. The van der Waals surface area contributed by atoms with E-state index in [9.17, 15) is 9.90 Å². The molecule has 0 aliphatic carbocycles. The zero-order valence-electron chi connectivity index (χ0n) is 7.16. The number of hydrogen-bond donors (Lipinski definition) is 2. The molecule has 1 saturated heterocycles. The fourth-order valence-corrected chi connectivity index (χ4v) is 1.87. The molecule has 2 rings (SSSR count). The number of carbonyl (C=O) groups is 1. The van der Waals surface area contributed by atoms with Gasteiger partial charge in [0.05, 0.1) is 6.04 Å². The summed E-state index contributed by atoms with van der Waals surface area (Å²) in [5, 5.41) is 11.9. The van der Waals surface area contributed by atoms with Gasteiger partial charge < -0.3 is 15.2 Å². The minimum atomic E-state index is -0.426. The molecule has 1 aromatic carbocycles. The zero-order valence-corrected chi connectivity index (χ0v) is 8.74. The van der Waals surface area contributed by atoms with Crippen molar-refractivity contribution in [2.24, 2.45) is 0 Å². The number of amides is 1. The summed E-state index contributed by atoms with van der Waals surface area (Å²) in [5.41, 5.74) is 0.816. The molecule has 1 atom stereocenters. The van der Waals surface area contributed by atoms with E-state index in [4.69, 9.17) is 4.74 Å². The summed E-state index contributed by atoms with van der Waals surface area (Å²) >= 11 is 3.34. The number of benzene rings is 1. The predicted octanol–water partition coefficient (Wildman–Crippen LogP) is 1.94. The van der Waals surface area contributed by atoms with Gasteiger partial charge in [0.1, 0.15) is 12.4 Å². The lowest BCUT2D eigenvalue weighted by Gasteiger charge is -2.10. The minimum Gasteiger partial charge on any atom is -0.508 e. The van der Waals surface area contributed by atoms with Gasteiger partial charge in [-0.1, -0.05) is 15.9 Å². The third-order valence-corrected chi connectivity index (χ3v) is 2.75. The van der Waals surface area contributed by atoms with Crippen LogP contribution in [0.1, 0.15) is 11.6 Å². The van der Waals surface area contributed by atoms with E-state index in [0.717, 1.165) is 10.0 Å². The zero-order chi connectivity index (χ0) is 10.1. The Balaban J connectivity index is 2.31. The van der Waals surface area contributed by atoms with Crippen molar-refractivity contribution in [2.45, 2.75) is 6.04 Å². The molecule has 1 aliphatic heterocycles. The van der Waals surface area contributed by atoms with Gasteiger partial charge in [-0.2, -0.15) is 0 Å². The van der Waals surface area contributed by atoms with Gasteiger partial charge in [0.25, 0.3) is 0 Å². The summed E-state index contributed by atoms with van der Waals surface area (Å²) in [6.45, 7) is 0.293. The van der Waals surface area contributed by atoms with Crippen molar-refractivity contribution in [1.82, 2.24) is 5.32 Å². The molecule has 0 unspecified atom stereocenters. The Hall–Kier alpha value is -1.23. The van der Waals surface area contributed by atoms with Crippen LogP contribution in [-0.4, -0.2) is 17.8 Å². The SMILES string of the molecule is O=C1N[C@H](c2cc(O)ccc2Br)CO1. The van der Waals surface area contributed by atoms with E-state index in [1.54, 1.807) is 18.2 Å². The number of phenolic OH excluding ortho intramolecular Hbond substituents is 1. The van der Waals surface area contributed by atoms with E-state index in [0.29, 0.717) is 6.61 Å². The number of phenols is 1. The molecule has 1 aliphatic rings. The fourth-order valence-electron chi connectivity index (χ4n) is 1.35. The molecule has 1 aromatic rings. The van der Waals surface area contributed by atoms with Crippen LogP contribution in [-0.2, 0) is 4.74 Å². The van der Waals surface area contributed by atoms with Gasteiger partial charge in [-0.15, -0.1) is 0 Å². The number of ether oxygens (including phenoxy) is 1. The number of cyclic esters (lactones) is 1. The Kier molecular flexibility index (Phi) is 2.33. The molecule has 14 heavy (non-hydrogen) atoms. The highest BCUT2D eigenvalue weighted by atomic mass is 79.9. The van der Waals surface area contributed by atoms with Crippen LogP contribution < -0.4 is 5.32 Å². The molecule has 4 nitrogen and oxygen atoms in total. The van der Waals surface area contributed by atoms with Crippen LogP contribution in [0.4, 0.5) is 4.79 Å². The maximum atomic E-state index is 10.8. The number of aromatic hydroxyl groups is 1. The van der Waals surface area contributed by atoms with E-state index < -0.39 is 6.09 Å². The lowest BCUT2D eigenvalue weighted by molar-refractivity contribution is 0.177. The molecule has 0 spiro atoms. The van der Waals surface area contributed by atoms with Crippen LogP contribution in [0, 0.1) is 0 Å². The summed E-state index contributed by atoms with van der Waals surface area (Å²) in [5.74, 6) is 0.171. The van der Waals surface area contributed by atoms with Gasteiger partial charge in [0, 0.05) is 4.47 Å². The fraction of sp³-hybridized carbons (Fsp3) is 0.222. The number of carbonyl (C=O) groups excluding carboxylic acids is 1. The summed E-state index contributed by atoms with van der Waals surface area (Å²) in [6.07, 6.45) is -0.426. The van der Waals surface area contributed by atoms with Gasteiger partial charge in [-0.05, 0) is 23.8 Å². The third-order valence-electron chi connectivity index (χ3n) is 2.03. The van der Waals surface area contributed by atoms with E-state index in [1.807, 2.05) is 0 Å². The normalized spacial score (nSPS) is 20.4. The van der Waals surface area contributed by atoms with Gasteiger partial charge in [0.15, 0.2) is 0 Å². The Morgan fingerprint density at radius 1 is 1.57 bits per heavy atom. The molecule has 0 bridgehead atoms. The van der Waals surface area contributed by atoms with E-state index in [1.165, 1.54) is 0 Å². The number of nitrogens with one attached hydrogen (secondary N) is 1. The topological polar surface area (TPSA) is 58.6 Å². The summed E-state index contributed by atoms with van der Waals surface area (Å²) < 4.78 is 5.60. The Morgan fingerprint density at radius 2 is 2.36 bits per heavy atom. The Labute approximate surface area is 89.0 Å². The molecular weight excluding hydrogens is 250 g/mol. The molecule has 1 heterocycles. The first kappa shape index (κ1) is 9.33. The molecule has 5 heteroatoms. The average Bonchev–Trinajstić information content (AvgIpc) is 2.56. The van der Waals surface area contributed by atoms with Crippen molar-refractivity contribution in [2.75, 3.05) is 6.61 Å². The molecule has 0 radical (unpaired) electrons. The summed E-state index contributed by atoms with van der Waals surface area (Å²) in [6, 6.07) is 4.72. The lowest BCUT2D eigenvalue weighted by Crippen LogP contribution is -2.18. The van der Waals surface area contributed by atoms with Gasteiger partial charge in [0.2, 0.25) is 0 Å². The number of halogens is 1. The molecule has 2 N–H and O–H groups in total. The van der Waals surface area contributed by atoms with E-state index >= 15 is 0 Å². The van der Waals surface area contributed by atoms with Crippen LogP contribution in [0.25, 0.3) is 0 Å². The largest absolute Gasteiger partial charge is 0.508 e. The second-order valence-corrected chi connectivity index (χ2v) is 3.86. The average molecular weight is 258 g/mol. The highest BCUT2D eigenvalue weighted by Crippen LogP contribution is 2.29. The lowest BCUT2D eigenvalue weighted by atomic mass is 10.1. The summed E-state index contributed by atoms with van der Waals surface area (Å²) in [7, 11) is 0. The van der Waals surface area contributed by atoms with Crippen LogP contribution in [0.2, 0.25) is 0 Å². The van der Waals surface area contributed by atoms with Crippen LogP contribution in [0.5, 0.6) is 5.75 Å². The maximum absolute atomic E-state index is 10.8. The Morgan fingerprint density at radius 3 is 3.00 bits per heavy atom. The van der Waals surface area contributed by atoms with Gasteiger partial charge in [-0.25, -0.2) is 4.79 Å². The smallest absolute Gasteiger partial charge is 0.407 e.